The molecule has 22 heavy (non-hydrogen) atoms. The Bertz CT molecular complexity index is 577. The zero-order valence-electron chi connectivity index (χ0n) is 12.3. The number of carbonyl (C=O) groups excluding carboxylic acids is 1. The number of hydrogen-bond acceptors (Lipinski definition) is 6. The van der Waals surface area contributed by atoms with Crippen molar-refractivity contribution < 1.29 is 19.4 Å². The maximum absolute atomic E-state index is 11.6. The van der Waals surface area contributed by atoms with Crippen molar-refractivity contribution in [2.24, 2.45) is 0 Å². The average Bonchev–Trinajstić information content (AvgIpc) is 3.22. The Morgan fingerprint density at radius 1 is 1.45 bits per heavy atom. The molecule has 3 saturated heterocycles. The first-order chi connectivity index (χ1) is 10.6. The Balaban J connectivity index is 1.43. The van der Waals surface area contributed by atoms with Crippen molar-refractivity contribution in [2.45, 2.75) is 50.2 Å². The monoisotopic (exact) mass is 308 g/mol. The van der Waals surface area contributed by atoms with E-state index in [0.29, 0.717) is 38.2 Å². The van der Waals surface area contributed by atoms with Crippen molar-refractivity contribution in [1.82, 2.24) is 19.9 Å². The van der Waals surface area contributed by atoms with Gasteiger partial charge in [0.2, 0.25) is 5.91 Å². The highest BCUT2D eigenvalue weighted by atomic mass is 16.7. The SMILES string of the molecule is O=C1CCCN1CCn1cc(C2(O)CC[C@H]3CO[C@@H]2O3)nn1. The third-order valence-corrected chi connectivity index (χ3v) is 4.74. The van der Waals surface area contributed by atoms with E-state index >= 15 is 0 Å². The predicted octanol–water partition coefficient (Wildman–Crippen LogP) is -0.377. The molecule has 4 heterocycles. The lowest BCUT2D eigenvalue weighted by atomic mass is 9.90. The molecule has 3 fully saturated rings. The molecule has 3 aliphatic heterocycles. The lowest BCUT2D eigenvalue weighted by molar-refractivity contribution is -0.219. The molecule has 1 N–H and O–H groups in total. The Morgan fingerprint density at radius 2 is 2.36 bits per heavy atom. The number of amides is 1. The smallest absolute Gasteiger partial charge is 0.222 e. The number of aliphatic hydroxyl groups is 1. The first-order valence-electron chi connectivity index (χ1n) is 7.83. The summed E-state index contributed by atoms with van der Waals surface area (Å²) in [6, 6.07) is 0. The number of ether oxygens (including phenoxy) is 2. The summed E-state index contributed by atoms with van der Waals surface area (Å²) in [6.45, 7) is 2.54. The van der Waals surface area contributed by atoms with E-state index in [2.05, 4.69) is 10.3 Å². The number of rotatable bonds is 4. The highest BCUT2D eigenvalue weighted by Gasteiger charge is 2.51. The molecule has 1 aromatic rings. The maximum Gasteiger partial charge on any atom is 0.222 e. The average molecular weight is 308 g/mol. The molecule has 0 spiro atoms. The number of hydrogen-bond donors (Lipinski definition) is 1. The highest BCUT2D eigenvalue weighted by Crippen LogP contribution is 2.40. The summed E-state index contributed by atoms with van der Waals surface area (Å²) in [5.74, 6) is 0.199. The number of carbonyl (C=O) groups is 1. The molecule has 3 atom stereocenters. The minimum atomic E-state index is -1.23. The second-order valence-electron chi connectivity index (χ2n) is 6.24. The summed E-state index contributed by atoms with van der Waals surface area (Å²) < 4.78 is 12.8. The Kier molecular flexibility index (Phi) is 3.39. The summed E-state index contributed by atoms with van der Waals surface area (Å²) in [6.07, 6.45) is 4.04. The van der Waals surface area contributed by atoms with Crippen LogP contribution in [0.2, 0.25) is 0 Å². The van der Waals surface area contributed by atoms with Gasteiger partial charge in [-0.25, -0.2) is 0 Å². The summed E-state index contributed by atoms with van der Waals surface area (Å²) in [5, 5.41) is 19.0. The predicted molar refractivity (Wildman–Crippen MR) is 73.6 cm³/mol. The van der Waals surface area contributed by atoms with Gasteiger partial charge in [0, 0.05) is 19.5 Å². The fourth-order valence-corrected chi connectivity index (χ4v) is 3.37. The van der Waals surface area contributed by atoms with E-state index in [0.717, 1.165) is 19.4 Å². The van der Waals surface area contributed by atoms with Gasteiger partial charge in [-0.1, -0.05) is 5.21 Å². The van der Waals surface area contributed by atoms with Crippen molar-refractivity contribution in [3.8, 4) is 0 Å². The van der Waals surface area contributed by atoms with Crippen LogP contribution in [-0.2, 0) is 26.4 Å². The van der Waals surface area contributed by atoms with Crippen molar-refractivity contribution >= 4 is 5.91 Å². The Labute approximate surface area is 128 Å². The van der Waals surface area contributed by atoms with E-state index in [1.54, 1.807) is 10.9 Å². The van der Waals surface area contributed by atoms with Gasteiger partial charge in [0.1, 0.15) is 5.69 Å². The largest absolute Gasteiger partial charge is 0.378 e. The van der Waals surface area contributed by atoms with Crippen molar-refractivity contribution in [3.05, 3.63) is 11.9 Å². The minimum Gasteiger partial charge on any atom is -0.378 e. The van der Waals surface area contributed by atoms with Crippen LogP contribution < -0.4 is 0 Å². The highest BCUT2D eigenvalue weighted by molar-refractivity contribution is 5.77. The Morgan fingerprint density at radius 3 is 3.18 bits per heavy atom. The Hall–Kier alpha value is -1.51. The molecule has 1 aromatic heterocycles. The lowest BCUT2D eigenvalue weighted by Crippen LogP contribution is -2.44. The second kappa shape index (κ2) is 5.29. The van der Waals surface area contributed by atoms with Crippen molar-refractivity contribution in [2.75, 3.05) is 19.7 Å². The number of aromatic nitrogens is 3. The van der Waals surface area contributed by atoms with Crippen LogP contribution in [-0.4, -0.2) is 63.0 Å². The van der Waals surface area contributed by atoms with Gasteiger partial charge in [-0.3, -0.25) is 9.48 Å². The normalized spacial score (nSPS) is 34.6. The zero-order valence-corrected chi connectivity index (χ0v) is 12.3. The number of nitrogens with zero attached hydrogens (tertiary/aromatic N) is 4. The van der Waals surface area contributed by atoms with Gasteiger partial charge in [-0.2, -0.15) is 0 Å². The van der Waals surface area contributed by atoms with E-state index in [-0.39, 0.29) is 12.0 Å². The third kappa shape index (κ3) is 2.31. The van der Waals surface area contributed by atoms with Crippen LogP contribution in [0.1, 0.15) is 31.4 Å². The van der Waals surface area contributed by atoms with Gasteiger partial charge >= 0.3 is 0 Å². The van der Waals surface area contributed by atoms with Gasteiger partial charge in [-0.15, -0.1) is 5.10 Å². The van der Waals surface area contributed by atoms with Gasteiger partial charge in [0.15, 0.2) is 11.9 Å². The van der Waals surface area contributed by atoms with E-state index in [1.807, 2.05) is 4.90 Å². The van der Waals surface area contributed by atoms with Gasteiger partial charge in [0.05, 0.1) is 25.5 Å². The lowest BCUT2D eigenvalue weighted by Gasteiger charge is -2.34. The summed E-state index contributed by atoms with van der Waals surface area (Å²) in [7, 11) is 0. The molecule has 0 aliphatic carbocycles. The first-order valence-corrected chi connectivity index (χ1v) is 7.83. The number of likely N-dealkylation sites (tertiary alicyclic amines) is 1. The summed E-state index contributed by atoms with van der Waals surface area (Å²) in [4.78, 5) is 13.4. The molecule has 0 aromatic carbocycles. The molecule has 0 saturated carbocycles. The van der Waals surface area contributed by atoms with Crippen LogP contribution in [0.4, 0.5) is 0 Å². The molecule has 8 heteroatoms. The summed E-state index contributed by atoms with van der Waals surface area (Å²) in [5.41, 5.74) is -0.750. The fourth-order valence-electron chi connectivity index (χ4n) is 3.37. The van der Waals surface area contributed by atoms with Gasteiger partial charge in [-0.05, 0) is 19.3 Å². The standard InChI is InChI=1S/C14H20N4O4/c19-12-2-1-5-17(12)6-7-18-8-11(15-16-18)14(20)4-3-10-9-21-13(14)22-10/h8,10,13,20H,1-7,9H2/t10-,13+,14?/m0/s1. The topological polar surface area (TPSA) is 89.7 Å². The van der Waals surface area contributed by atoms with E-state index < -0.39 is 11.9 Å². The first kappa shape index (κ1) is 14.1. The number of fused-ring (bicyclic) bond motifs is 2. The van der Waals surface area contributed by atoms with Crippen molar-refractivity contribution in [3.63, 3.8) is 0 Å². The zero-order chi connectivity index (χ0) is 15.2. The van der Waals surface area contributed by atoms with Crippen LogP contribution in [0.3, 0.4) is 0 Å². The molecule has 2 bridgehead atoms. The molecule has 4 rings (SSSR count). The van der Waals surface area contributed by atoms with Crippen LogP contribution >= 0.6 is 0 Å². The van der Waals surface area contributed by atoms with E-state index in [4.69, 9.17) is 9.47 Å². The molecular weight excluding hydrogens is 288 g/mol. The maximum atomic E-state index is 11.6. The van der Waals surface area contributed by atoms with Gasteiger partial charge in [0.25, 0.3) is 0 Å². The van der Waals surface area contributed by atoms with Crippen LogP contribution in [0.5, 0.6) is 0 Å². The fraction of sp³-hybridized carbons (Fsp3) is 0.786. The van der Waals surface area contributed by atoms with Gasteiger partial charge < -0.3 is 19.5 Å². The third-order valence-electron chi connectivity index (χ3n) is 4.74. The van der Waals surface area contributed by atoms with E-state index in [1.165, 1.54) is 0 Å². The molecule has 1 unspecified atom stereocenters. The van der Waals surface area contributed by atoms with Crippen LogP contribution in [0.15, 0.2) is 6.20 Å². The molecule has 120 valence electrons. The molecule has 3 aliphatic rings. The molecule has 1 amide bonds. The molecule has 8 nitrogen and oxygen atoms in total. The van der Waals surface area contributed by atoms with Crippen LogP contribution in [0.25, 0.3) is 0 Å². The molecule has 0 radical (unpaired) electrons. The minimum absolute atomic E-state index is 0.0847. The summed E-state index contributed by atoms with van der Waals surface area (Å²) >= 11 is 0. The van der Waals surface area contributed by atoms with E-state index in [9.17, 15) is 9.90 Å². The van der Waals surface area contributed by atoms with Crippen LogP contribution in [0, 0.1) is 0 Å². The second-order valence-corrected chi connectivity index (χ2v) is 6.24. The van der Waals surface area contributed by atoms with Crippen molar-refractivity contribution in [1.29, 1.82) is 0 Å². The molecular formula is C14H20N4O4. The quantitative estimate of drug-likeness (QED) is 0.816.